The Labute approximate surface area is 171 Å². The van der Waals surface area contributed by atoms with Crippen LogP contribution in [0.3, 0.4) is 0 Å². The number of nitrogens with zero attached hydrogens (tertiary/aromatic N) is 2. The van der Waals surface area contributed by atoms with Crippen LogP contribution >= 0.6 is 11.6 Å². The first-order valence-corrected chi connectivity index (χ1v) is 9.20. The molecule has 3 aromatic rings. The van der Waals surface area contributed by atoms with E-state index in [2.05, 4.69) is 20.8 Å². The Morgan fingerprint density at radius 2 is 1.93 bits per heavy atom. The summed E-state index contributed by atoms with van der Waals surface area (Å²) in [5, 5.41) is 8.82. The van der Waals surface area contributed by atoms with Gasteiger partial charge in [0.05, 0.1) is 29.6 Å². The molecule has 9 heteroatoms. The number of amides is 2. The van der Waals surface area contributed by atoms with Crippen LogP contribution in [0.25, 0.3) is 0 Å². The van der Waals surface area contributed by atoms with Crippen molar-refractivity contribution in [3.8, 4) is 0 Å². The first-order valence-electron chi connectivity index (χ1n) is 8.82. The molecule has 0 radical (unpaired) electrons. The average molecular weight is 417 g/mol. The third kappa shape index (κ3) is 5.39. The van der Waals surface area contributed by atoms with E-state index in [9.17, 15) is 14.0 Å². The summed E-state index contributed by atoms with van der Waals surface area (Å²) in [4.78, 5) is 28.4. The monoisotopic (exact) mass is 416 g/mol. The van der Waals surface area contributed by atoms with Gasteiger partial charge in [0.25, 0.3) is 5.91 Å². The van der Waals surface area contributed by atoms with Gasteiger partial charge >= 0.3 is 0 Å². The molecule has 29 heavy (non-hydrogen) atoms. The molecule has 0 fully saturated rings. The van der Waals surface area contributed by atoms with Crippen LogP contribution in [0.1, 0.15) is 40.6 Å². The van der Waals surface area contributed by atoms with Crippen molar-refractivity contribution < 1.29 is 18.5 Å². The molecule has 150 valence electrons. The van der Waals surface area contributed by atoms with E-state index in [4.69, 9.17) is 16.1 Å². The predicted octanol–water partition coefficient (Wildman–Crippen LogP) is 3.06. The number of carbonyl (C=O) groups excluding carboxylic acids is 2. The molecule has 1 atom stereocenters. The van der Waals surface area contributed by atoms with E-state index in [1.54, 1.807) is 6.92 Å². The number of carbonyl (C=O) groups is 2. The van der Waals surface area contributed by atoms with Crippen molar-refractivity contribution in [3.05, 3.63) is 82.2 Å². The standard InChI is InChI=1S/C20H18ClFN4O3/c1-12(19-25-17(29-26-19)10-13-6-3-2-4-7-13)24-16(27)11-23-20(28)18-14(21)8-5-9-15(18)22/h2-9,12H,10-11H2,1H3,(H,23,28)(H,24,27)/t12-/m1/s1. The predicted molar refractivity (Wildman–Crippen MR) is 104 cm³/mol. The Morgan fingerprint density at radius 3 is 2.66 bits per heavy atom. The van der Waals surface area contributed by atoms with Crippen LogP contribution in [0.15, 0.2) is 53.1 Å². The fourth-order valence-corrected chi connectivity index (χ4v) is 2.86. The molecule has 3 rings (SSSR count). The second-order valence-corrected chi connectivity index (χ2v) is 6.68. The molecule has 0 saturated heterocycles. The summed E-state index contributed by atoms with van der Waals surface area (Å²) in [6.45, 7) is 1.33. The van der Waals surface area contributed by atoms with Crippen LogP contribution < -0.4 is 10.6 Å². The van der Waals surface area contributed by atoms with Crippen LogP contribution in [0.5, 0.6) is 0 Å². The van der Waals surface area contributed by atoms with Crippen LogP contribution in [-0.4, -0.2) is 28.5 Å². The summed E-state index contributed by atoms with van der Waals surface area (Å²) < 4.78 is 19.0. The molecule has 2 N–H and O–H groups in total. The minimum absolute atomic E-state index is 0.0333. The third-order valence-electron chi connectivity index (χ3n) is 4.05. The summed E-state index contributed by atoms with van der Waals surface area (Å²) in [6.07, 6.45) is 0.480. The highest BCUT2D eigenvalue weighted by Gasteiger charge is 2.19. The van der Waals surface area contributed by atoms with Gasteiger partial charge in [0.1, 0.15) is 5.82 Å². The molecule has 1 aromatic heterocycles. The molecule has 0 aliphatic heterocycles. The molecule has 0 saturated carbocycles. The molecule has 2 aromatic carbocycles. The SMILES string of the molecule is C[C@@H](NC(=O)CNC(=O)c1c(F)cccc1Cl)c1noc(Cc2ccccc2)n1. The van der Waals surface area contributed by atoms with E-state index in [0.29, 0.717) is 18.1 Å². The Kier molecular flexibility index (Phi) is 6.56. The van der Waals surface area contributed by atoms with Gasteiger partial charge in [-0.2, -0.15) is 4.98 Å². The van der Waals surface area contributed by atoms with Gasteiger partial charge in [-0.15, -0.1) is 0 Å². The van der Waals surface area contributed by atoms with Gasteiger partial charge < -0.3 is 15.2 Å². The highest BCUT2D eigenvalue weighted by atomic mass is 35.5. The second kappa shape index (κ2) is 9.29. The molecule has 0 spiro atoms. The highest BCUT2D eigenvalue weighted by molar-refractivity contribution is 6.33. The smallest absolute Gasteiger partial charge is 0.256 e. The molecule has 0 unspecified atom stereocenters. The van der Waals surface area contributed by atoms with Crippen LogP contribution in [-0.2, 0) is 11.2 Å². The first-order chi connectivity index (χ1) is 13.9. The van der Waals surface area contributed by atoms with E-state index < -0.39 is 23.7 Å². The zero-order valence-corrected chi connectivity index (χ0v) is 16.2. The lowest BCUT2D eigenvalue weighted by Gasteiger charge is -2.11. The van der Waals surface area contributed by atoms with Gasteiger partial charge in [0, 0.05) is 0 Å². The fraction of sp³-hybridized carbons (Fsp3) is 0.200. The maximum absolute atomic E-state index is 13.7. The molecule has 0 aliphatic carbocycles. The lowest BCUT2D eigenvalue weighted by atomic mass is 10.1. The molecule has 0 aliphatic rings. The number of hydrogen-bond donors (Lipinski definition) is 2. The van der Waals surface area contributed by atoms with Gasteiger partial charge in [0.2, 0.25) is 11.8 Å². The van der Waals surface area contributed by atoms with E-state index in [1.165, 1.54) is 12.1 Å². The largest absolute Gasteiger partial charge is 0.345 e. The van der Waals surface area contributed by atoms with Crippen LogP contribution in [0, 0.1) is 5.82 Å². The normalized spacial score (nSPS) is 11.7. The van der Waals surface area contributed by atoms with Gasteiger partial charge in [0.15, 0.2) is 5.82 Å². The maximum atomic E-state index is 13.7. The van der Waals surface area contributed by atoms with E-state index in [0.717, 1.165) is 11.6 Å². The molecule has 7 nitrogen and oxygen atoms in total. The Balaban J connectivity index is 1.52. The summed E-state index contributed by atoms with van der Waals surface area (Å²) in [6, 6.07) is 13.0. The summed E-state index contributed by atoms with van der Waals surface area (Å²) in [5.74, 6) is -1.29. The highest BCUT2D eigenvalue weighted by Crippen LogP contribution is 2.18. The zero-order chi connectivity index (χ0) is 20.8. The number of hydrogen-bond acceptors (Lipinski definition) is 5. The van der Waals surface area contributed by atoms with E-state index >= 15 is 0 Å². The Bertz CT molecular complexity index is 990. The summed E-state index contributed by atoms with van der Waals surface area (Å²) in [7, 11) is 0. The fourth-order valence-electron chi connectivity index (χ4n) is 2.61. The zero-order valence-electron chi connectivity index (χ0n) is 15.5. The number of nitrogens with one attached hydrogen (secondary N) is 2. The molecular weight excluding hydrogens is 399 g/mol. The van der Waals surface area contributed by atoms with Crippen LogP contribution in [0.4, 0.5) is 4.39 Å². The minimum Gasteiger partial charge on any atom is -0.345 e. The summed E-state index contributed by atoms with van der Waals surface area (Å²) in [5.41, 5.74) is 0.715. The van der Waals surface area contributed by atoms with Crippen LogP contribution in [0.2, 0.25) is 5.02 Å². The van der Waals surface area contributed by atoms with E-state index in [1.807, 2.05) is 30.3 Å². The Morgan fingerprint density at radius 1 is 1.17 bits per heavy atom. The number of halogens is 2. The van der Waals surface area contributed by atoms with Crippen molar-refractivity contribution in [2.45, 2.75) is 19.4 Å². The average Bonchev–Trinajstić information content (AvgIpc) is 3.16. The number of benzene rings is 2. The number of aromatic nitrogens is 2. The van der Waals surface area contributed by atoms with Crippen molar-refractivity contribution in [1.29, 1.82) is 0 Å². The lowest BCUT2D eigenvalue weighted by Crippen LogP contribution is -2.38. The lowest BCUT2D eigenvalue weighted by molar-refractivity contribution is -0.120. The van der Waals surface area contributed by atoms with Gasteiger partial charge in [-0.25, -0.2) is 4.39 Å². The summed E-state index contributed by atoms with van der Waals surface area (Å²) >= 11 is 5.84. The Hall–Kier alpha value is -3.26. The van der Waals surface area contributed by atoms with Gasteiger partial charge in [-0.1, -0.05) is 53.2 Å². The molecular formula is C20H18ClFN4O3. The first kappa shape index (κ1) is 20.5. The maximum Gasteiger partial charge on any atom is 0.256 e. The van der Waals surface area contributed by atoms with Crippen molar-refractivity contribution in [2.24, 2.45) is 0 Å². The number of rotatable bonds is 7. The van der Waals surface area contributed by atoms with E-state index in [-0.39, 0.29) is 17.1 Å². The van der Waals surface area contributed by atoms with Crippen molar-refractivity contribution >= 4 is 23.4 Å². The quantitative estimate of drug-likeness (QED) is 0.617. The third-order valence-corrected chi connectivity index (χ3v) is 4.36. The van der Waals surface area contributed by atoms with Crippen molar-refractivity contribution in [2.75, 3.05) is 6.54 Å². The van der Waals surface area contributed by atoms with Crippen molar-refractivity contribution in [1.82, 2.24) is 20.8 Å². The topological polar surface area (TPSA) is 97.1 Å². The molecule has 2 amide bonds. The van der Waals surface area contributed by atoms with Gasteiger partial charge in [-0.05, 0) is 24.6 Å². The second-order valence-electron chi connectivity index (χ2n) is 6.28. The van der Waals surface area contributed by atoms with Gasteiger partial charge in [-0.3, -0.25) is 9.59 Å². The minimum atomic E-state index is -0.777. The molecule has 1 heterocycles. The van der Waals surface area contributed by atoms with Crippen molar-refractivity contribution in [3.63, 3.8) is 0 Å². The molecule has 0 bridgehead atoms.